The molecule has 0 heterocycles. The van der Waals surface area contributed by atoms with Gasteiger partial charge in [-0.1, -0.05) is 0 Å². The van der Waals surface area contributed by atoms with Gasteiger partial charge in [0.1, 0.15) is 0 Å². The van der Waals surface area contributed by atoms with E-state index in [4.69, 9.17) is 0 Å². The summed E-state index contributed by atoms with van der Waals surface area (Å²) in [6, 6.07) is 13.3. The first-order valence-electron chi connectivity index (χ1n) is 5.73. The van der Waals surface area contributed by atoms with Crippen LogP contribution >= 0.6 is 22.6 Å². The number of benzene rings is 2. The van der Waals surface area contributed by atoms with Crippen LogP contribution in [0.5, 0.6) is 0 Å². The first-order valence-corrected chi connectivity index (χ1v) is 8.70. The summed E-state index contributed by atoms with van der Waals surface area (Å²) in [4.78, 5) is 12.2. The minimum atomic E-state index is -3.22. The fraction of sp³-hybridized carbons (Fsp3) is 0.0714. The molecule has 104 valence electrons. The summed E-state index contributed by atoms with van der Waals surface area (Å²) in [5, 5.41) is 2.72. The summed E-state index contributed by atoms with van der Waals surface area (Å²) < 4.78 is 23.7. The maximum Gasteiger partial charge on any atom is 0.255 e. The Bertz CT molecular complexity index is 722. The van der Waals surface area contributed by atoms with E-state index in [0.717, 1.165) is 9.83 Å². The van der Waals surface area contributed by atoms with E-state index in [1.807, 2.05) is 12.1 Å². The molecule has 4 nitrogen and oxygen atoms in total. The first-order chi connectivity index (χ1) is 9.36. The van der Waals surface area contributed by atoms with E-state index >= 15 is 0 Å². The summed E-state index contributed by atoms with van der Waals surface area (Å²) >= 11 is 2.17. The van der Waals surface area contributed by atoms with Crippen molar-refractivity contribution in [3.05, 3.63) is 57.7 Å². The zero-order valence-corrected chi connectivity index (χ0v) is 13.6. The minimum absolute atomic E-state index is 0.227. The second kappa shape index (κ2) is 5.92. The van der Waals surface area contributed by atoms with Gasteiger partial charge in [0.05, 0.1) is 4.90 Å². The molecule has 20 heavy (non-hydrogen) atoms. The number of halogens is 1. The quantitative estimate of drug-likeness (QED) is 0.805. The van der Waals surface area contributed by atoms with Crippen molar-refractivity contribution in [1.82, 2.24) is 0 Å². The molecule has 0 saturated carbocycles. The second-order valence-electron chi connectivity index (χ2n) is 4.26. The maximum atomic E-state index is 12.0. The monoisotopic (exact) mass is 401 g/mol. The normalized spacial score (nSPS) is 11.1. The molecule has 0 aliphatic carbocycles. The Morgan fingerprint density at radius 1 is 1.00 bits per heavy atom. The van der Waals surface area contributed by atoms with Crippen LogP contribution in [0.25, 0.3) is 0 Å². The average molecular weight is 401 g/mol. The summed E-state index contributed by atoms with van der Waals surface area (Å²) in [5.74, 6) is -0.228. The maximum absolute atomic E-state index is 12.0. The Morgan fingerprint density at radius 3 is 2.05 bits per heavy atom. The predicted octanol–water partition coefficient (Wildman–Crippen LogP) is 2.95. The van der Waals surface area contributed by atoms with Crippen molar-refractivity contribution in [2.75, 3.05) is 11.6 Å². The SMILES string of the molecule is CS(=O)(=O)c1ccc(NC(=O)c2ccc(I)cc2)cc1. The topological polar surface area (TPSA) is 63.2 Å². The Hall–Kier alpha value is -1.41. The lowest BCUT2D eigenvalue weighted by Gasteiger charge is -2.06. The molecule has 2 aromatic rings. The van der Waals surface area contributed by atoms with Gasteiger partial charge >= 0.3 is 0 Å². The fourth-order valence-corrected chi connectivity index (χ4v) is 2.58. The van der Waals surface area contributed by atoms with Gasteiger partial charge in [0.2, 0.25) is 0 Å². The predicted molar refractivity (Wildman–Crippen MR) is 86.7 cm³/mol. The number of hydrogen-bond donors (Lipinski definition) is 1. The van der Waals surface area contributed by atoms with Crippen molar-refractivity contribution >= 4 is 44.0 Å². The van der Waals surface area contributed by atoms with Crippen LogP contribution in [-0.2, 0) is 9.84 Å². The molecule has 1 amide bonds. The standard InChI is InChI=1S/C14H12INO3S/c1-20(18,19)13-8-6-12(7-9-13)16-14(17)10-2-4-11(15)5-3-10/h2-9H,1H3,(H,16,17). The highest BCUT2D eigenvalue weighted by Crippen LogP contribution is 2.15. The molecule has 0 aliphatic heterocycles. The second-order valence-corrected chi connectivity index (χ2v) is 7.52. The number of carbonyl (C=O) groups is 1. The molecule has 0 fully saturated rings. The van der Waals surface area contributed by atoms with Crippen molar-refractivity contribution in [3.8, 4) is 0 Å². The molecular formula is C14H12INO3S. The van der Waals surface area contributed by atoms with E-state index in [-0.39, 0.29) is 10.8 Å². The summed E-state index contributed by atoms with van der Waals surface area (Å²) in [6.45, 7) is 0. The van der Waals surface area contributed by atoms with Crippen LogP contribution in [-0.4, -0.2) is 20.6 Å². The van der Waals surface area contributed by atoms with Gasteiger partial charge in [-0.25, -0.2) is 8.42 Å². The smallest absolute Gasteiger partial charge is 0.255 e. The third kappa shape index (κ3) is 3.80. The van der Waals surface area contributed by atoms with Gasteiger partial charge < -0.3 is 5.32 Å². The van der Waals surface area contributed by atoms with Crippen molar-refractivity contribution in [3.63, 3.8) is 0 Å². The van der Waals surface area contributed by atoms with Gasteiger partial charge in [0.15, 0.2) is 9.84 Å². The van der Waals surface area contributed by atoms with Gasteiger partial charge in [-0.15, -0.1) is 0 Å². The molecular weight excluding hydrogens is 389 g/mol. The van der Waals surface area contributed by atoms with E-state index in [0.29, 0.717) is 11.3 Å². The van der Waals surface area contributed by atoms with Crippen LogP contribution in [0.1, 0.15) is 10.4 Å². The number of sulfone groups is 1. The van der Waals surface area contributed by atoms with Gasteiger partial charge in [0.25, 0.3) is 5.91 Å². The molecule has 1 N–H and O–H groups in total. The van der Waals surface area contributed by atoms with E-state index in [1.54, 1.807) is 24.3 Å². The molecule has 2 aromatic carbocycles. The summed E-state index contributed by atoms with van der Waals surface area (Å²) in [5.41, 5.74) is 1.11. The van der Waals surface area contributed by atoms with E-state index in [2.05, 4.69) is 27.9 Å². The van der Waals surface area contributed by atoms with Gasteiger partial charge in [0, 0.05) is 21.1 Å². The molecule has 0 atom stereocenters. The number of carbonyl (C=O) groups excluding carboxylic acids is 1. The molecule has 0 spiro atoms. The van der Waals surface area contributed by atoms with Crippen molar-refractivity contribution in [1.29, 1.82) is 0 Å². The number of rotatable bonds is 3. The average Bonchev–Trinajstić information content (AvgIpc) is 2.39. The highest BCUT2D eigenvalue weighted by Gasteiger charge is 2.08. The van der Waals surface area contributed by atoms with E-state index in [1.165, 1.54) is 12.1 Å². The first kappa shape index (κ1) is 15.0. The molecule has 0 unspecified atom stereocenters. The van der Waals surface area contributed by atoms with Gasteiger partial charge in [-0.05, 0) is 71.1 Å². The van der Waals surface area contributed by atoms with Gasteiger partial charge in [-0.3, -0.25) is 4.79 Å². The molecule has 0 aromatic heterocycles. The molecule has 2 rings (SSSR count). The van der Waals surface area contributed by atoms with Crippen molar-refractivity contribution < 1.29 is 13.2 Å². The highest BCUT2D eigenvalue weighted by atomic mass is 127. The molecule has 0 radical (unpaired) electrons. The van der Waals surface area contributed by atoms with E-state index < -0.39 is 9.84 Å². The Balaban J connectivity index is 2.14. The van der Waals surface area contributed by atoms with Crippen molar-refractivity contribution in [2.45, 2.75) is 4.90 Å². The molecule has 6 heteroatoms. The summed E-state index contributed by atoms with van der Waals surface area (Å²) in [6.07, 6.45) is 1.15. The third-order valence-electron chi connectivity index (χ3n) is 2.65. The lowest BCUT2D eigenvalue weighted by atomic mass is 10.2. The van der Waals surface area contributed by atoms with Crippen LogP contribution in [0.3, 0.4) is 0 Å². The Kier molecular flexibility index (Phi) is 4.44. The third-order valence-corrected chi connectivity index (χ3v) is 4.49. The number of hydrogen-bond acceptors (Lipinski definition) is 3. The molecule has 0 bridgehead atoms. The summed E-state index contributed by atoms with van der Waals surface area (Å²) in [7, 11) is -3.22. The molecule has 0 saturated heterocycles. The van der Waals surface area contributed by atoms with Crippen LogP contribution in [0.4, 0.5) is 5.69 Å². The lowest BCUT2D eigenvalue weighted by molar-refractivity contribution is 0.102. The molecule has 0 aliphatic rings. The fourth-order valence-electron chi connectivity index (χ4n) is 1.59. The number of amides is 1. The zero-order chi connectivity index (χ0) is 14.8. The lowest BCUT2D eigenvalue weighted by Crippen LogP contribution is -2.11. The van der Waals surface area contributed by atoms with Crippen LogP contribution < -0.4 is 5.32 Å². The Morgan fingerprint density at radius 2 is 1.55 bits per heavy atom. The van der Waals surface area contributed by atoms with Crippen molar-refractivity contribution in [2.24, 2.45) is 0 Å². The van der Waals surface area contributed by atoms with Crippen LogP contribution in [0.15, 0.2) is 53.4 Å². The van der Waals surface area contributed by atoms with Crippen LogP contribution in [0, 0.1) is 3.57 Å². The zero-order valence-electron chi connectivity index (χ0n) is 10.6. The van der Waals surface area contributed by atoms with Crippen LogP contribution in [0.2, 0.25) is 0 Å². The number of anilines is 1. The van der Waals surface area contributed by atoms with E-state index in [9.17, 15) is 13.2 Å². The largest absolute Gasteiger partial charge is 0.322 e. The minimum Gasteiger partial charge on any atom is -0.322 e. The number of nitrogens with one attached hydrogen (secondary N) is 1. The van der Waals surface area contributed by atoms with Gasteiger partial charge in [-0.2, -0.15) is 0 Å². The highest BCUT2D eigenvalue weighted by molar-refractivity contribution is 14.1. The Labute approximate surface area is 131 Å².